The fraction of sp³-hybridized carbons (Fsp3) is 0.538. The molecule has 2 N–H and O–H groups in total. The van der Waals surface area contributed by atoms with Crippen molar-refractivity contribution in [3.63, 3.8) is 0 Å². The fourth-order valence-corrected chi connectivity index (χ4v) is 4.43. The molecule has 0 bridgehead atoms. The van der Waals surface area contributed by atoms with Crippen molar-refractivity contribution in [2.24, 2.45) is 0 Å². The van der Waals surface area contributed by atoms with Crippen molar-refractivity contribution in [1.29, 1.82) is 0 Å². The smallest absolute Gasteiger partial charge is 0.211 e. The quantitative estimate of drug-likeness (QED) is 0.434. The van der Waals surface area contributed by atoms with E-state index in [4.69, 9.17) is 23.7 Å². The first-order chi connectivity index (χ1) is 16.5. The van der Waals surface area contributed by atoms with Gasteiger partial charge in [0.25, 0.3) is 0 Å². The van der Waals surface area contributed by atoms with Gasteiger partial charge in [0.1, 0.15) is 12.4 Å². The van der Waals surface area contributed by atoms with Crippen LogP contribution >= 0.6 is 12.4 Å². The average molecular weight is 512 g/mol. The van der Waals surface area contributed by atoms with E-state index < -0.39 is 6.10 Å². The molecule has 1 saturated heterocycles. The molecule has 3 rings (SSSR count). The van der Waals surface area contributed by atoms with E-state index in [0.29, 0.717) is 53.8 Å². The van der Waals surface area contributed by atoms with E-state index in [0.717, 1.165) is 25.2 Å². The summed E-state index contributed by atoms with van der Waals surface area (Å²) in [5.74, 6) is 2.00. The SMILES string of the molecule is COc1c(OC)c(OC)c(C(O)CCc2ccc(O)cc2)c(OCCN2CCCCC2)c1OC.Cl. The first-order valence-corrected chi connectivity index (χ1v) is 11.7. The monoisotopic (exact) mass is 511 g/mol. The predicted molar refractivity (Wildman–Crippen MR) is 137 cm³/mol. The van der Waals surface area contributed by atoms with Crippen LogP contribution in [0.2, 0.25) is 0 Å². The van der Waals surface area contributed by atoms with Gasteiger partial charge in [0, 0.05) is 6.54 Å². The Balaban J connectivity index is 0.00000432. The van der Waals surface area contributed by atoms with Crippen LogP contribution in [0.3, 0.4) is 0 Å². The van der Waals surface area contributed by atoms with Gasteiger partial charge in [-0.1, -0.05) is 18.6 Å². The van der Waals surface area contributed by atoms with E-state index >= 15 is 0 Å². The molecule has 1 fully saturated rings. The molecular formula is C26H38ClNO7. The Kier molecular flexibility index (Phi) is 11.6. The van der Waals surface area contributed by atoms with Gasteiger partial charge in [-0.25, -0.2) is 0 Å². The summed E-state index contributed by atoms with van der Waals surface area (Å²) in [6, 6.07) is 6.95. The third-order valence-electron chi connectivity index (χ3n) is 6.21. The second-order valence-electron chi connectivity index (χ2n) is 8.35. The van der Waals surface area contributed by atoms with E-state index in [9.17, 15) is 10.2 Å². The normalized spacial score (nSPS) is 14.5. The predicted octanol–water partition coefficient (Wildman–Crippen LogP) is 4.38. The highest BCUT2D eigenvalue weighted by Crippen LogP contribution is 2.55. The Morgan fingerprint density at radius 1 is 0.800 bits per heavy atom. The van der Waals surface area contributed by atoms with Gasteiger partial charge < -0.3 is 33.9 Å². The van der Waals surface area contributed by atoms with Crippen LogP contribution in [0.1, 0.15) is 42.9 Å². The molecule has 1 aliphatic rings. The lowest BCUT2D eigenvalue weighted by Crippen LogP contribution is -2.33. The summed E-state index contributed by atoms with van der Waals surface area (Å²) in [6.07, 6.45) is 3.76. The maximum atomic E-state index is 11.3. The minimum atomic E-state index is -0.914. The van der Waals surface area contributed by atoms with E-state index in [1.807, 2.05) is 12.1 Å². The van der Waals surface area contributed by atoms with Gasteiger partial charge in [0.15, 0.2) is 11.5 Å². The minimum Gasteiger partial charge on any atom is -0.508 e. The average Bonchev–Trinajstić information content (AvgIpc) is 2.87. The van der Waals surface area contributed by atoms with Gasteiger partial charge in [-0.15, -0.1) is 12.4 Å². The third kappa shape index (κ3) is 6.99. The molecule has 0 aromatic heterocycles. The van der Waals surface area contributed by atoms with Crippen LogP contribution in [-0.4, -0.2) is 69.8 Å². The van der Waals surface area contributed by atoms with Gasteiger partial charge in [0.2, 0.25) is 17.2 Å². The van der Waals surface area contributed by atoms with Crippen molar-refractivity contribution in [2.75, 3.05) is 54.7 Å². The summed E-state index contributed by atoms with van der Waals surface area (Å²) in [6.45, 7) is 3.35. The molecule has 1 unspecified atom stereocenters. The molecular weight excluding hydrogens is 474 g/mol. The molecule has 0 radical (unpaired) electrons. The lowest BCUT2D eigenvalue weighted by Gasteiger charge is -2.28. The summed E-state index contributed by atoms with van der Waals surface area (Å²) in [4.78, 5) is 2.38. The number of methoxy groups -OCH3 is 4. The lowest BCUT2D eigenvalue weighted by molar-refractivity contribution is 0.146. The Labute approximate surface area is 214 Å². The molecule has 0 aliphatic carbocycles. The van der Waals surface area contributed by atoms with Crippen LogP contribution < -0.4 is 23.7 Å². The van der Waals surface area contributed by atoms with E-state index in [-0.39, 0.29) is 18.2 Å². The van der Waals surface area contributed by atoms with Crippen LogP contribution in [0.4, 0.5) is 0 Å². The number of ether oxygens (including phenoxy) is 5. The number of phenols is 1. The molecule has 0 amide bonds. The van der Waals surface area contributed by atoms with Gasteiger partial charge in [-0.2, -0.15) is 0 Å². The number of aryl methyl sites for hydroxylation is 1. The first-order valence-electron chi connectivity index (χ1n) is 11.7. The second kappa shape index (κ2) is 14.1. The molecule has 2 aromatic carbocycles. The van der Waals surface area contributed by atoms with E-state index in [2.05, 4.69) is 4.90 Å². The highest BCUT2D eigenvalue weighted by Gasteiger charge is 2.32. The number of hydrogen-bond acceptors (Lipinski definition) is 8. The van der Waals surface area contributed by atoms with E-state index in [1.165, 1.54) is 47.7 Å². The maximum absolute atomic E-state index is 11.3. The van der Waals surface area contributed by atoms with Crippen molar-refractivity contribution < 1.29 is 33.9 Å². The largest absolute Gasteiger partial charge is 0.508 e. The number of aromatic hydroxyl groups is 1. The molecule has 8 nitrogen and oxygen atoms in total. The number of likely N-dealkylation sites (tertiary alicyclic amines) is 1. The van der Waals surface area contributed by atoms with Crippen molar-refractivity contribution in [1.82, 2.24) is 4.90 Å². The third-order valence-corrected chi connectivity index (χ3v) is 6.21. The Hall–Kier alpha value is -2.55. The number of phenolic OH excluding ortho intramolecular Hbond substituents is 1. The number of halogens is 1. The van der Waals surface area contributed by atoms with Gasteiger partial charge in [-0.05, 0) is 56.5 Å². The van der Waals surface area contributed by atoms with Gasteiger partial charge >= 0.3 is 0 Å². The Morgan fingerprint density at radius 3 is 1.91 bits per heavy atom. The van der Waals surface area contributed by atoms with Crippen molar-refractivity contribution in [3.05, 3.63) is 35.4 Å². The van der Waals surface area contributed by atoms with Gasteiger partial charge in [0.05, 0.1) is 40.1 Å². The summed E-state index contributed by atoms with van der Waals surface area (Å²) in [5.41, 5.74) is 1.46. The van der Waals surface area contributed by atoms with Gasteiger partial charge in [-0.3, -0.25) is 4.90 Å². The molecule has 9 heteroatoms. The summed E-state index contributed by atoms with van der Waals surface area (Å²) in [5, 5.41) is 20.8. The minimum absolute atomic E-state index is 0. The van der Waals surface area contributed by atoms with Crippen molar-refractivity contribution in [2.45, 2.75) is 38.2 Å². The number of hydrogen-bond donors (Lipinski definition) is 2. The number of rotatable bonds is 12. The molecule has 2 aromatic rings. The van der Waals surface area contributed by atoms with Crippen LogP contribution in [-0.2, 0) is 6.42 Å². The first kappa shape index (κ1) is 28.7. The van der Waals surface area contributed by atoms with Crippen LogP contribution in [0.5, 0.6) is 34.5 Å². The highest BCUT2D eigenvalue weighted by atomic mass is 35.5. The number of nitrogens with zero attached hydrogens (tertiary/aromatic N) is 1. The summed E-state index contributed by atoms with van der Waals surface area (Å²) < 4.78 is 28.8. The topological polar surface area (TPSA) is 89.9 Å². The number of aliphatic hydroxyl groups excluding tert-OH is 1. The molecule has 1 heterocycles. The standard InChI is InChI=1S/C26H37NO7.ClH/c1-30-22-21(20(29)13-10-18-8-11-19(28)12-9-18)23(25(32-3)26(33-4)24(22)31-2)34-17-16-27-14-6-5-7-15-27;/h8-9,11-12,20,28-29H,5-7,10,13-17H2,1-4H3;1H. The molecule has 1 atom stereocenters. The zero-order chi connectivity index (χ0) is 24.5. The number of piperidine rings is 1. The fourth-order valence-electron chi connectivity index (χ4n) is 4.43. The summed E-state index contributed by atoms with van der Waals surface area (Å²) >= 11 is 0. The summed E-state index contributed by atoms with van der Waals surface area (Å²) in [7, 11) is 6.10. The van der Waals surface area contributed by atoms with Crippen LogP contribution in [0, 0.1) is 0 Å². The number of aliphatic hydroxyl groups is 1. The Morgan fingerprint density at radius 2 is 1.34 bits per heavy atom. The Bertz CT molecular complexity index is 917. The maximum Gasteiger partial charge on any atom is 0.211 e. The zero-order valence-electron chi connectivity index (χ0n) is 21.0. The molecule has 196 valence electrons. The molecule has 0 saturated carbocycles. The van der Waals surface area contributed by atoms with Crippen molar-refractivity contribution >= 4 is 12.4 Å². The molecule has 1 aliphatic heterocycles. The van der Waals surface area contributed by atoms with Crippen molar-refractivity contribution in [3.8, 4) is 34.5 Å². The van der Waals surface area contributed by atoms with Crippen LogP contribution in [0.25, 0.3) is 0 Å². The molecule has 0 spiro atoms. The molecule has 35 heavy (non-hydrogen) atoms. The van der Waals surface area contributed by atoms with E-state index in [1.54, 1.807) is 12.1 Å². The zero-order valence-corrected chi connectivity index (χ0v) is 21.9. The lowest BCUT2D eigenvalue weighted by atomic mass is 9.98. The highest BCUT2D eigenvalue weighted by molar-refractivity contribution is 5.85. The van der Waals surface area contributed by atoms with Crippen LogP contribution in [0.15, 0.2) is 24.3 Å². The number of benzene rings is 2. The second-order valence-corrected chi connectivity index (χ2v) is 8.35.